The van der Waals surface area contributed by atoms with Gasteiger partial charge in [-0.3, -0.25) is 58.0 Å². The molecule has 236 valence electrons. The van der Waals surface area contributed by atoms with E-state index in [2.05, 4.69) is 0 Å². The van der Waals surface area contributed by atoms with Crippen LogP contribution in [0.2, 0.25) is 0 Å². The minimum Gasteiger partial charge on any atom is -0.279 e. The lowest BCUT2D eigenvalue weighted by Gasteiger charge is -2.19. The highest BCUT2D eigenvalue weighted by molar-refractivity contribution is 5.94. The molecule has 0 N–H and O–H groups in total. The summed E-state index contributed by atoms with van der Waals surface area (Å²) in [7, 11) is 0. The van der Waals surface area contributed by atoms with Crippen LogP contribution in [0.4, 0.5) is 0 Å². The SMILES string of the molecule is CC(=O)N(Cc1cccc(CN(C(C)=O)C(C)=O)c1)C(C)=O.CC(=O)N(Cc1cccc(CN(C(C)=O)C(C)=O)c1)C(C)=O. The molecule has 0 aromatic heterocycles. The molecule has 12 nitrogen and oxygen atoms in total. The third-order valence-corrected chi connectivity index (χ3v) is 6.39. The third kappa shape index (κ3) is 12.1. The summed E-state index contributed by atoms with van der Waals surface area (Å²) in [5, 5.41) is 0. The Balaban J connectivity index is 0.000000440. The molecule has 0 unspecified atom stereocenters. The van der Waals surface area contributed by atoms with Crippen LogP contribution in [0.15, 0.2) is 48.5 Å². The van der Waals surface area contributed by atoms with Crippen molar-refractivity contribution in [3.8, 4) is 0 Å². The van der Waals surface area contributed by atoms with Gasteiger partial charge in [-0.15, -0.1) is 0 Å². The van der Waals surface area contributed by atoms with Crippen molar-refractivity contribution in [2.45, 2.75) is 81.6 Å². The van der Waals surface area contributed by atoms with E-state index in [1.807, 2.05) is 0 Å². The van der Waals surface area contributed by atoms with E-state index >= 15 is 0 Å². The molecule has 12 heteroatoms. The van der Waals surface area contributed by atoms with Crippen LogP contribution >= 0.6 is 0 Å². The summed E-state index contributed by atoms with van der Waals surface area (Å²) in [6.45, 7) is 11.3. The van der Waals surface area contributed by atoms with Gasteiger partial charge in [0.05, 0.1) is 26.2 Å². The summed E-state index contributed by atoms with van der Waals surface area (Å²) in [5.41, 5.74) is 3.04. The molecule has 2 aromatic carbocycles. The Bertz CT molecular complexity index is 1170. The number of benzene rings is 2. The molecule has 0 spiro atoms. The molecule has 0 saturated carbocycles. The Kier molecular flexibility index (Phi) is 14.5. The standard InChI is InChI=1S/2C16H20N2O4/c2*1-11(19)17(12(2)20)9-15-6-5-7-16(8-15)10-18(13(3)21)14(4)22/h2*5-8H,9-10H2,1-4H3. The minimum absolute atomic E-state index is 0.165. The maximum atomic E-state index is 11.4. The van der Waals surface area contributed by atoms with Crippen LogP contribution in [0, 0.1) is 0 Å². The largest absolute Gasteiger partial charge is 0.279 e. The first-order valence-corrected chi connectivity index (χ1v) is 13.7. The van der Waals surface area contributed by atoms with Crippen LogP contribution in [0.5, 0.6) is 0 Å². The maximum absolute atomic E-state index is 11.4. The summed E-state index contributed by atoms with van der Waals surface area (Å²) < 4.78 is 0. The number of rotatable bonds is 8. The molecular weight excluding hydrogens is 568 g/mol. The Labute approximate surface area is 257 Å². The fourth-order valence-electron chi connectivity index (χ4n) is 4.16. The Morgan fingerprint density at radius 3 is 0.659 bits per heavy atom. The highest BCUT2D eigenvalue weighted by Crippen LogP contribution is 2.13. The van der Waals surface area contributed by atoms with E-state index in [4.69, 9.17) is 0 Å². The van der Waals surface area contributed by atoms with Crippen molar-refractivity contribution < 1.29 is 38.4 Å². The molecule has 0 fully saturated rings. The predicted octanol–water partition coefficient (Wildman–Crippen LogP) is 2.95. The second kappa shape index (κ2) is 17.2. The second-order valence-electron chi connectivity index (χ2n) is 10.1. The molecular formula is C32H40N4O8. The van der Waals surface area contributed by atoms with E-state index in [9.17, 15) is 38.4 Å². The van der Waals surface area contributed by atoms with Crippen molar-refractivity contribution in [3.05, 3.63) is 70.8 Å². The van der Waals surface area contributed by atoms with Gasteiger partial charge in [0.25, 0.3) is 0 Å². The highest BCUT2D eigenvalue weighted by atomic mass is 16.2. The molecule has 2 aromatic rings. The first-order chi connectivity index (χ1) is 20.4. The average Bonchev–Trinajstić information content (AvgIpc) is 2.91. The lowest BCUT2D eigenvalue weighted by Crippen LogP contribution is -2.33. The van der Waals surface area contributed by atoms with Crippen molar-refractivity contribution in [1.82, 2.24) is 19.6 Å². The quantitative estimate of drug-likeness (QED) is 0.444. The zero-order chi connectivity index (χ0) is 33.7. The van der Waals surface area contributed by atoms with E-state index in [1.54, 1.807) is 48.5 Å². The molecule has 8 amide bonds. The van der Waals surface area contributed by atoms with Gasteiger partial charge in [-0.25, -0.2) is 0 Å². The maximum Gasteiger partial charge on any atom is 0.226 e. The normalized spacial score (nSPS) is 10.0. The first kappa shape index (κ1) is 37.0. The molecule has 0 bridgehead atoms. The first-order valence-electron chi connectivity index (χ1n) is 13.7. The van der Waals surface area contributed by atoms with Gasteiger partial charge in [0.15, 0.2) is 0 Å². The zero-order valence-corrected chi connectivity index (χ0v) is 26.5. The number of nitrogens with zero attached hydrogens (tertiary/aromatic N) is 4. The summed E-state index contributed by atoms with van der Waals surface area (Å²) in [5.74, 6) is -2.61. The molecule has 0 aliphatic carbocycles. The molecule has 44 heavy (non-hydrogen) atoms. The van der Waals surface area contributed by atoms with Gasteiger partial charge < -0.3 is 0 Å². The minimum atomic E-state index is -0.327. The monoisotopic (exact) mass is 608 g/mol. The molecule has 0 heterocycles. The van der Waals surface area contributed by atoms with E-state index in [0.29, 0.717) is 0 Å². The van der Waals surface area contributed by atoms with E-state index in [-0.39, 0.29) is 73.4 Å². The molecule has 0 radical (unpaired) electrons. The van der Waals surface area contributed by atoms with Crippen molar-refractivity contribution in [1.29, 1.82) is 0 Å². The van der Waals surface area contributed by atoms with Crippen molar-refractivity contribution >= 4 is 47.3 Å². The van der Waals surface area contributed by atoms with Crippen LogP contribution in [-0.2, 0) is 64.5 Å². The lowest BCUT2D eigenvalue weighted by molar-refractivity contribution is -0.144. The van der Waals surface area contributed by atoms with Gasteiger partial charge >= 0.3 is 0 Å². The average molecular weight is 609 g/mol. The fourth-order valence-corrected chi connectivity index (χ4v) is 4.16. The summed E-state index contributed by atoms with van der Waals surface area (Å²) in [6.07, 6.45) is 0. The van der Waals surface area contributed by atoms with Gasteiger partial charge in [-0.1, -0.05) is 48.5 Å². The van der Waals surface area contributed by atoms with Crippen LogP contribution in [0.3, 0.4) is 0 Å². The van der Waals surface area contributed by atoms with E-state index < -0.39 is 0 Å². The Hall–Kier alpha value is -5.00. The van der Waals surface area contributed by atoms with Gasteiger partial charge in [-0.2, -0.15) is 0 Å². The molecule has 0 atom stereocenters. The second-order valence-corrected chi connectivity index (χ2v) is 10.1. The number of carbonyl (C=O) groups is 8. The van der Waals surface area contributed by atoms with Crippen molar-refractivity contribution in [2.24, 2.45) is 0 Å². The van der Waals surface area contributed by atoms with E-state index in [1.165, 1.54) is 55.4 Å². The third-order valence-electron chi connectivity index (χ3n) is 6.39. The van der Waals surface area contributed by atoms with Gasteiger partial charge in [-0.05, 0) is 22.3 Å². The van der Waals surface area contributed by atoms with Gasteiger partial charge in [0.1, 0.15) is 0 Å². The van der Waals surface area contributed by atoms with E-state index in [0.717, 1.165) is 41.9 Å². The van der Waals surface area contributed by atoms with Crippen molar-refractivity contribution in [3.63, 3.8) is 0 Å². The molecule has 0 saturated heterocycles. The summed E-state index contributed by atoms with van der Waals surface area (Å²) >= 11 is 0. The zero-order valence-electron chi connectivity index (χ0n) is 26.5. The lowest BCUT2D eigenvalue weighted by atomic mass is 10.1. The fraction of sp³-hybridized carbons (Fsp3) is 0.375. The van der Waals surface area contributed by atoms with Crippen LogP contribution < -0.4 is 0 Å². The van der Waals surface area contributed by atoms with Gasteiger partial charge in [0.2, 0.25) is 47.3 Å². The Morgan fingerprint density at radius 2 is 0.523 bits per heavy atom. The van der Waals surface area contributed by atoms with Crippen LogP contribution in [0.25, 0.3) is 0 Å². The number of imide groups is 4. The Morgan fingerprint density at radius 1 is 0.364 bits per heavy atom. The van der Waals surface area contributed by atoms with Crippen LogP contribution in [-0.4, -0.2) is 66.9 Å². The predicted molar refractivity (Wildman–Crippen MR) is 161 cm³/mol. The number of hydrogen-bond acceptors (Lipinski definition) is 8. The number of hydrogen-bond donors (Lipinski definition) is 0. The highest BCUT2D eigenvalue weighted by Gasteiger charge is 2.18. The smallest absolute Gasteiger partial charge is 0.226 e. The summed E-state index contributed by atoms with van der Waals surface area (Å²) in [4.78, 5) is 96.0. The number of carbonyl (C=O) groups excluding carboxylic acids is 8. The summed E-state index contributed by atoms with van der Waals surface area (Å²) in [6, 6.07) is 14.2. The van der Waals surface area contributed by atoms with Crippen molar-refractivity contribution in [2.75, 3.05) is 0 Å². The molecule has 0 aliphatic heterocycles. The number of amides is 8. The topological polar surface area (TPSA) is 150 Å². The van der Waals surface area contributed by atoms with Gasteiger partial charge in [0, 0.05) is 55.4 Å². The molecule has 2 rings (SSSR count). The molecule has 0 aliphatic rings. The van der Waals surface area contributed by atoms with Crippen LogP contribution in [0.1, 0.15) is 77.6 Å².